The van der Waals surface area contributed by atoms with Gasteiger partial charge < -0.3 is 9.47 Å². The second-order valence-corrected chi connectivity index (χ2v) is 10.7. The number of methoxy groups -OCH3 is 1. The van der Waals surface area contributed by atoms with Gasteiger partial charge in [-0.25, -0.2) is 0 Å². The summed E-state index contributed by atoms with van der Waals surface area (Å²) in [7, 11) is 1.75. The fraction of sp³-hybridized carbons (Fsp3) is 0.720. The van der Waals surface area contributed by atoms with Gasteiger partial charge in [-0.15, -0.1) is 0 Å². The number of carbonyl (C=O) groups is 1. The molecule has 2 saturated carbocycles. The van der Waals surface area contributed by atoms with Crippen LogP contribution in [-0.4, -0.2) is 18.7 Å². The number of ether oxygens (including phenoxy) is 2. The topological polar surface area (TPSA) is 35.5 Å². The number of aryl methyl sites for hydroxylation is 1. The van der Waals surface area contributed by atoms with Crippen molar-refractivity contribution in [3.05, 3.63) is 29.3 Å². The number of carbonyl (C=O) groups excluding carboxylic acids is 1. The van der Waals surface area contributed by atoms with Crippen molar-refractivity contribution in [3.8, 4) is 5.75 Å². The largest absolute Gasteiger partial charge is 0.497 e. The lowest BCUT2D eigenvalue weighted by atomic mass is 9.52. The summed E-state index contributed by atoms with van der Waals surface area (Å²) in [4.78, 5) is 12.8. The molecule has 4 unspecified atom stereocenters. The van der Waals surface area contributed by atoms with Crippen LogP contribution in [0.1, 0.15) is 82.8 Å². The standard InChI is InChI=1S/C25H34O3/c1-23(2)13-14-25(28-22(23)26)12-10-21-20-7-5-16-15-17(27-4)6-8-18(16)19(20)9-11-24(21,25)3/h6,8,15,19-21H,5,7,9-14H2,1-4H3/t19?,20?,21?,24?,25-/m1/s1. The van der Waals surface area contributed by atoms with Gasteiger partial charge in [0.15, 0.2) is 0 Å². The van der Waals surface area contributed by atoms with Crippen LogP contribution < -0.4 is 4.74 Å². The van der Waals surface area contributed by atoms with E-state index >= 15 is 0 Å². The van der Waals surface area contributed by atoms with E-state index in [2.05, 4.69) is 25.1 Å². The van der Waals surface area contributed by atoms with Crippen molar-refractivity contribution in [3.63, 3.8) is 0 Å². The van der Waals surface area contributed by atoms with Gasteiger partial charge in [0, 0.05) is 5.41 Å². The Morgan fingerprint density at radius 3 is 2.61 bits per heavy atom. The molecule has 0 N–H and O–H groups in total. The molecule has 0 bridgehead atoms. The molecule has 3 heteroatoms. The summed E-state index contributed by atoms with van der Waals surface area (Å²) in [6.07, 6.45) is 9.11. The molecular weight excluding hydrogens is 348 g/mol. The zero-order valence-corrected chi connectivity index (χ0v) is 17.8. The quantitative estimate of drug-likeness (QED) is 0.589. The van der Waals surface area contributed by atoms with Crippen molar-refractivity contribution >= 4 is 5.97 Å². The van der Waals surface area contributed by atoms with Crippen molar-refractivity contribution in [1.82, 2.24) is 0 Å². The van der Waals surface area contributed by atoms with Crippen LogP contribution in [0.3, 0.4) is 0 Å². The van der Waals surface area contributed by atoms with Crippen molar-refractivity contribution in [1.29, 1.82) is 0 Å². The molecule has 3 fully saturated rings. The first-order chi connectivity index (χ1) is 13.3. The summed E-state index contributed by atoms with van der Waals surface area (Å²) in [5.74, 6) is 3.08. The highest BCUT2D eigenvalue weighted by atomic mass is 16.6. The van der Waals surface area contributed by atoms with Crippen LogP contribution in [0, 0.1) is 22.7 Å². The highest BCUT2D eigenvalue weighted by Crippen LogP contribution is 2.67. The third-order valence-electron chi connectivity index (χ3n) is 9.22. The Hall–Kier alpha value is -1.51. The van der Waals surface area contributed by atoms with Gasteiger partial charge in [-0.05, 0) is 106 Å². The second-order valence-electron chi connectivity index (χ2n) is 10.7. The summed E-state index contributed by atoms with van der Waals surface area (Å²) >= 11 is 0. The molecule has 5 rings (SSSR count). The SMILES string of the molecule is COc1ccc2c(c1)CCC1C2CCC2(C)C1CC[C@@]21CCC(C)(C)C(=O)O1. The van der Waals surface area contributed by atoms with E-state index in [-0.39, 0.29) is 22.4 Å². The molecule has 0 radical (unpaired) electrons. The molecular formula is C25H34O3. The number of hydrogen-bond acceptors (Lipinski definition) is 3. The molecule has 152 valence electrons. The summed E-state index contributed by atoms with van der Waals surface area (Å²) in [6, 6.07) is 6.71. The third-order valence-corrected chi connectivity index (χ3v) is 9.22. The molecule has 1 heterocycles. The van der Waals surface area contributed by atoms with Gasteiger partial charge in [-0.1, -0.05) is 13.0 Å². The van der Waals surface area contributed by atoms with Gasteiger partial charge in [0.25, 0.3) is 0 Å². The smallest absolute Gasteiger partial charge is 0.312 e. The molecule has 1 saturated heterocycles. The molecule has 4 aliphatic rings. The lowest BCUT2D eigenvalue weighted by Gasteiger charge is -2.56. The van der Waals surface area contributed by atoms with Gasteiger partial charge in [0.2, 0.25) is 0 Å². The molecule has 0 aromatic heterocycles. The first-order valence-electron chi connectivity index (χ1n) is 11.2. The molecule has 1 aliphatic heterocycles. The van der Waals surface area contributed by atoms with Crippen molar-refractivity contribution in [2.45, 2.75) is 83.7 Å². The van der Waals surface area contributed by atoms with Gasteiger partial charge in [-0.2, -0.15) is 0 Å². The monoisotopic (exact) mass is 382 g/mol. The first-order valence-corrected chi connectivity index (χ1v) is 11.2. The van der Waals surface area contributed by atoms with Crippen molar-refractivity contribution < 1.29 is 14.3 Å². The maximum atomic E-state index is 12.8. The predicted octanol–water partition coefficient (Wildman–Crippen LogP) is 5.65. The molecule has 3 nitrogen and oxygen atoms in total. The van der Waals surface area contributed by atoms with E-state index in [1.807, 2.05) is 13.8 Å². The molecule has 1 aromatic carbocycles. The van der Waals surface area contributed by atoms with E-state index < -0.39 is 0 Å². The minimum absolute atomic E-state index is 0.0313. The highest BCUT2D eigenvalue weighted by Gasteiger charge is 2.65. The Labute approximate surface area is 169 Å². The van der Waals surface area contributed by atoms with Crippen LogP contribution in [0.4, 0.5) is 0 Å². The summed E-state index contributed by atoms with van der Waals surface area (Å²) in [5.41, 5.74) is 2.66. The third kappa shape index (κ3) is 2.37. The molecule has 1 spiro atoms. The lowest BCUT2D eigenvalue weighted by Crippen LogP contribution is -2.56. The van der Waals surface area contributed by atoms with E-state index in [1.165, 1.54) is 31.2 Å². The Bertz CT molecular complexity index is 812. The molecule has 28 heavy (non-hydrogen) atoms. The van der Waals surface area contributed by atoms with Gasteiger partial charge in [-0.3, -0.25) is 4.79 Å². The second kappa shape index (κ2) is 6.00. The maximum Gasteiger partial charge on any atom is 0.312 e. The molecule has 0 amide bonds. The van der Waals surface area contributed by atoms with Crippen LogP contribution in [0.15, 0.2) is 18.2 Å². The summed E-state index contributed by atoms with van der Waals surface area (Å²) < 4.78 is 11.8. The lowest BCUT2D eigenvalue weighted by molar-refractivity contribution is -0.206. The Kier molecular flexibility index (Phi) is 3.97. The zero-order valence-electron chi connectivity index (χ0n) is 17.8. The van der Waals surface area contributed by atoms with Crippen LogP contribution >= 0.6 is 0 Å². The minimum atomic E-state index is -0.320. The van der Waals surface area contributed by atoms with Gasteiger partial charge in [0.1, 0.15) is 11.4 Å². The summed E-state index contributed by atoms with van der Waals surface area (Å²) in [6.45, 7) is 6.54. The number of esters is 1. The van der Waals surface area contributed by atoms with E-state index in [0.717, 1.165) is 37.4 Å². The Morgan fingerprint density at radius 1 is 1.04 bits per heavy atom. The molecule has 5 atom stereocenters. The number of rotatable bonds is 1. The number of hydrogen-bond donors (Lipinski definition) is 0. The van der Waals surface area contributed by atoms with Crippen molar-refractivity contribution in [2.24, 2.45) is 22.7 Å². The van der Waals surface area contributed by atoms with E-state index in [1.54, 1.807) is 12.7 Å². The molecule has 3 aliphatic carbocycles. The summed E-state index contributed by atoms with van der Waals surface area (Å²) in [5, 5.41) is 0. The molecule has 1 aromatic rings. The maximum absolute atomic E-state index is 12.8. The minimum Gasteiger partial charge on any atom is -0.497 e. The number of benzene rings is 1. The highest BCUT2D eigenvalue weighted by molar-refractivity contribution is 5.77. The Morgan fingerprint density at radius 2 is 1.86 bits per heavy atom. The normalized spacial score (nSPS) is 41.0. The van der Waals surface area contributed by atoms with Crippen molar-refractivity contribution in [2.75, 3.05) is 7.11 Å². The average Bonchev–Trinajstić information content (AvgIpc) is 2.97. The predicted molar refractivity (Wildman–Crippen MR) is 109 cm³/mol. The van der Waals surface area contributed by atoms with Crippen LogP contribution in [-0.2, 0) is 16.0 Å². The first kappa shape index (κ1) is 18.5. The number of fused-ring (bicyclic) bond motifs is 6. The van der Waals surface area contributed by atoms with Crippen LogP contribution in [0.2, 0.25) is 0 Å². The van der Waals surface area contributed by atoms with Crippen LogP contribution in [0.25, 0.3) is 0 Å². The van der Waals surface area contributed by atoms with E-state index in [4.69, 9.17) is 9.47 Å². The fourth-order valence-electron chi connectivity index (χ4n) is 7.34. The average molecular weight is 383 g/mol. The fourth-order valence-corrected chi connectivity index (χ4v) is 7.34. The van der Waals surface area contributed by atoms with Gasteiger partial charge in [0.05, 0.1) is 12.5 Å². The Balaban J connectivity index is 1.45. The van der Waals surface area contributed by atoms with E-state index in [9.17, 15) is 4.79 Å². The zero-order chi connectivity index (χ0) is 19.7. The van der Waals surface area contributed by atoms with E-state index in [0.29, 0.717) is 11.8 Å². The van der Waals surface area contributed by atoms with Gasteiger partial charge >= 0.3 is 5.97 Å². The van der Waals surface area contributed by atoms with Crippen LogP contribution in [0.5, 0.6) is 5.75 Å².